The summed E-state index contributed by atoms with van der Waals surface area (Å²) in [6.07, 6.45) is 20.9. The number of unbranched alkanes of at least 4 members (excludes halogenated alkanes) is 12. The summed E-state index contributed by atoms with van der Waals surface area (Å²) in [4.78, 5) is 20.7. The molecule has 0 heterocycles. The van der Waals surface area contributed by atoms with Crippen molar-refractivity contribution in [3.63, 3.8) is 0 Å². The SMILES string of the molecule is O=C(O)CCCCCC=CCCCCCCCCCCCC(=O)O. The second-order valence-electron chi connectivity index (χ2n) is 6.58. The minimum Gasteiger partial charge on any atom is -0.481 e. The molecule has 0 radical (unpaired) electrons. The van der Waals surface area contributed by atoms with Gasteiger partial charge in [0.1, 0.15) is 0 Å². The van der Waals surface area contributed by atoms with E-state index >= 15 is 0 Å². The Morgan fingerprint density at radius 3 is 1.17 bits per heavy atom. The van der Waals surface area contributed by atoms with Crippen molar-refractivity contribution in [2.75, 3.05) is 0 Å². The second-order valence-corrected chi connectivity index (χ2v) is 6.58. The quantitative estimate of drug-likeness (QED) is 0.239. The molecule has 24 heavy (non-hydrogen) atoms. The van der Waals surface area contributed by atoms with Crippen molar-refractivity contribution in [3.8, 4) is 0 Å². The van der Waals surface area contributed by atoms with Gasteiger partial charge < -0.3 is 10.2 Å². The predicted octanol–water partition coefficient (Wildman–Crippen LogP) is 5.95. The van der Waals surface area contributed by atoms with Crippen LogP contribution in [-0.2, 0) is 9.59 Å². The lowest BCUT2D eigenvalue weighted by Crippen LogP contribution is -1.93. The van der Waals surface area contributed by atoms with E-state index in [1.807, 2.05) is 0 Å². The highest BCUT2D eigenvalue weighted by atomic mass is 16.4. The number of carboxylic acids is 2. The topological polar surface area (TPSA) is 74.6 Å². The standard InChI is InChI=1S/C20H36O4/c21-19(22)17-15-13-11-9-7-5-3-1-2-4-6-8-10-12-14-16-18-20(23)24/h5,7H,1-4,6,8-18H2,(H,21,22)(H,23,24). The van der Waals surface area contributed by atoms with Crippen molar-refractivity contribution >= 4 is 11.9 Å². The summed E-state index contributed by atoms with van der Waals surface area (Å²) in [6.45, 7) is 0. The van der Waals surface area contributed by atoms with Crippen molar-refractivity contribution in [1.29, 1.82) is 0 Å². The monoisotopic (exact) mass is 340 g/mol. The van der Waals surface area contributed by atoms with Gasteiger partial charge in [-0.25, -0.2) is 0 Å². The fourth-order valence-electron chi connectivity index (χ4n) is 2.73. The Hall–Kier alpha value is -1.32. The van der Waals surface area contributed by atoms with Crippen LogP contribution in [0.15, 0.2) is 12.2 Å². The molecule has 0 aromatic heterocycles. The van der Waals surface area contributed by atoms with E-state index in [1.54, 1.807) is 0 Å². The predicted molar refractivity (Wildman–Crippen MR) is 98.3 cm³/mol. The molecule has 0 atom stereocenters. The second kappa shape index (κ2) is 18.0. The van der Waals surface area contributed by atoms with E-state index in [-0.39, 0.29) is 0 Å². The zero-order valence-corrected chi connectivity index (χ0v) is 15.2. The summed E-state index contributed by atoms with van der Waals surface area (Å²) in [5.41, 5.74) is 0. The molecule has 0 spiro atoms. The summed E-state index contributed by atoms with van der Waals surface area (Å²) in [5.74, 6) is -1.37. The molecule has 4 heteroatoms. The van der Waals surface area contributed by atoms with Crippen molar-refractivity contribution < 1.29 is 19.8 Å². The number of aliphatic carboxylic acids is 2. The van der Waals surface area contributed by atoms with Gasteiger partial charge in [-0.15, -0.1) is 0 Å². The molecule has 0 aliphatic carbocycles. The van der Waals surface area contributed by atoms with Crippen LogP contribution in [0.5, 0.6) is 0 Å². The molecule has 0 aromatic rings. The van der Waals surface area contributed by atoms with E-state index < -0.39 is 11.9 Å². The average molecular weight is 341 g/mol. The normalized spacial score (nSPS) is 11.2. The number of carboxylic acid groups (broad SMARTS) is 2. The Bertz CT molecular complexity index is 337. The number of hydrogen-bond donors (Lipinski definition) is 2. The van der Waals surface area contributed by atoms with Gasteiger partial charge in [-0.1, -0.05) is 63.5 Å². The van der Waals surface area contributed by atoms with Gasteiger partial charge >= 0.3 is 11.9 Å². The van der Waals surface area contributed by atoms with E-state index in [0.717, 1.165) is 44.9 Å². The molecule has 2 N–H and O–H groups in total. The van der Waals surface area contributed by atoms with Crippen LogP contribution in [0.3, 0.4) is 0 Å². The zero-order chi connectivity index (χ0) is 17.9. The molecule has 0 saturated carbocycles. The van der Waals surface area contributed by atoms with Gasteiger partial charge in [0.05, 0.1) is 0 Å². The van der Waals surface area contributed by atoms with Crippen molar-refractivity contribution in [1.82, 2.24) is 0 Å². The first kappa shape index (κ1) is 22.7. The van der Waals surface area contributed by atoms with Crippen molar-refractivity contribution in [3.05, 3.63) is 12.2 Å². The number of allylic oxidation sites excluding steroid dienone is 2. The van der Waals surface area contributed by atoms with Gasteiger partial charge in [-0.2, -0.15) is 0 Å². The van der Waals surface area contributed by atoms with Gasteiger partial charge in [0.25, 0.3) is 0 Å². The highest BCUT2D eigenvalue weighted by Gasteiger charge is 1.97. The Labute approximate surface area is 147 Å². The fraction of sp³-hybridized carbons (Fsp3) is 0.800. The third-order valence-corrected chi connectivity index (χ3v) is 4.19. The van der Waals surface area contributed by atoms with E-state index in [9.17, 15) is 9.59 Å². The van der Waals surface area contributed by atoms with Crippen molar-refractivity contribution in [2.24, 2.45) is 0 Å². The minimum absolute atomic E-state index is 0.298. The summed E-state index contributed by atoms with van der Waals surface area (Å²) in [7, 11) is 0. The van der Waals surface area contributed by atoms with E-state index in [4.69, 9.17) is 10.2 Å². The Morgan fingerprint density at radius 2 is 0.792 bits per heavy atom. The Balaban J connectivity index is 3.10. The molecule has 0 aliphatic heterocycles. The molecule has 0 rings (SSSR count). The van der Waals surface area contributed by atoms with Gasteiger partial charge in [0.15, 0.2) is 0 Å². The maximum atomic E-state index is 10.4. The molecule has 0 aromatic carbocycles. The van der Waals surface area contributed by atoms with Crippen LogP contribution in [0.1, 0.15) is 103 Å². The van der Waals surface area contributed by atoms with Crippen LogP contribution in [0, 0.1) is 0 Å². The van der Waals surface area contributed by atoms with E-state index in [0.29, 0.717) is 12.8 Å². The maximum absolute atomic E-state index is 10.4. The number of carbonyl (C=O) groups is 2. The smallest absolute Gasteiger partial charge is 0.303 e. The molecule has 0 amide bonds. The minimum atomic E-state index is -0.691. The van der Waals surface area contributed by atoms with Crippen LogP contribution < -0.4 is 0 Å². The summed E-state index contributed by atoms with van der Waals surface area (Å²) in [5, 5.41) is 17.1. The van der Waals surface area contributed by atoms with Crippen LogP contribution in [-0.4, -0.2) is 22.2 Å². The summed E-state index contributed by atoms with van der Waals surface area (Å²) < 4.78 is 0. The van der Waals surface area contributed by atoms with E-state index in [1.165, 1.54) is 44.9 Å². The third-order valence-electron chi connectivity index (χ3n) is 4.19. The highest BCUT2D eigenvalue weighted by molar-refractivity contribution is 5.66. The molecular formula is C20H36O4. The molecule has 0 bridgehead atoms. The molecule has 0 saturated heterocycles. The van der Waals surface area contributed by atoms with Crippen LogP contribution >= 0.6 is 0 Å². The lowest BCUT2D eigenvalue weighted by atomic mass is 10.1. The molecule has 0 fully saturated rings. The van der Waals surface area contributed by atoms with Crippen LogP contribution in [0.25, 0.3) is 0 Å². The van der Waals surface area contributed by atoms with Gasteiger partial charge in [0, 0.05) is 12.8 Å². The fourth-order valence-corrected chi connectivity index (χ4v) is 2.73. The Kier molecular flexibility index (Phi) is 17.0. The average Bonchev–Trinajstić information content (AvgIpc) is 2.53. The summed E-state index contributed by atoms with van der Waals surface area (Å²) >= 11 is 0. The largest absolute Gasteiger partial charge is 0.481 e. The molecule has 0 unspecified atom stereocenters. The molecule has 140 valence electrons. The molecule has 4 nitrogen and oxygen atoms in total. The van der Waals surface area contributed by atoms with E-state index in [2.05, 4.69) is 12.2 Å². The van der Waals surface area contributed by atoms with Gasteiger partial charge in [-0.05, 0) is 38.5 Å². The first-order valence-electron chi connectivity index (χ1n) is 9.71. The number of rotatable bonds is 18. The lowest BCUT2D eigenvalue weighted by molar-refractivity contribution is -0.138. The van der Waals surface area contributed by atoms with Crippen molar-refractivity contribution in [2.45, 2.75) is 103 Å². The first-order chi connectivity index (χ1) is 11.6. The lowest BCUT2D eigenvalue weighted by Gasteiger charge is -2.01. The number of hydrogen-bond acceptors (Lipinski definition) is 2. The maximum Gasteiger partial charge on any atom is 0.303 e. The first-order valence-corrected chi connectivity index (χ1v) is 9.71. The zero-order valence-electron chi connectivity index (χ0n) is 15.2. The Morgan fingerprint density at radius 1 is 0.500 bits per heavy atom. The summed E-state index contributed by atoms with van der Waals surface area (Å²) in [6, 6.07) is 0. The molecule has 0 aliphatic rings. The highest BCUT2D eigenvalue weighted by Crippen LogP contribution is 2.12. The van der Waals surface area contributed by atoms with Gasteiger partial charge in [-0.3, -0.25) is 9.59 Å². The van der Waals surface area contributed by atoms with Crippen LogP contribution in [0.2, 0.25) is 0 Å². The van der Waals surface area contributed by atoms with Gasteiger partial charge in [0.2, 0.25) is 0 Å². The molecular weight excluding hydrogens is 304 g/mol. The van der Waals surface area contributed by atoms with Crippen LogP contribution in [0.4, 0.5) is 0 Å². The third kappa shape index (κ3) is 20.7.